The first-order valence-electron chi connectivity index (χ1n) is 5.68. The molecule has 0 aliphatic rings. The molecule has 0 saturated heterocycles. The largest absolute Gasteiger partial charge is 0.325 e. The van der Waals surface area contributed by atoms with Crippen molar-refractivity contribution in [2.45, 2.75) is 4.90 Å². The van der Waals surface area contributed by atoms with Gasteiger partial charge in [-0.3, -0.25) is 4.79 Å². The van der Waals surface area contributed by atoms with Crippen LogP contribution in [0.2, 0.25) is 5.02 Å². The molecule has 0 heterocycles. The van der Waals surface area contributed by atoms with Gasteiger partial charge in [-0.2, -0.15) is 0 Å². The lowest BCUT2D eigenvalue weighted by atomic mass is 10.3. The first-order chi connectivity index (χ1) is 9.54. The minimum atomic E-state index is -0.0590. The molecular weight excluding hydrogens is 425 g/mol. The van der Waals surface area contributed by atoms with Crippen LogP contribution in [0.4, 0.5) is 5.69 Å². The lowest BCUT2D eigenvalue weighted by Crippen LogP contribution is -2.13. The molecule has 2 aromatic rings. The highest BCUT2D eigenvalue weighted by Crippen LogP contribution is 2.26. The van der Waals surface area contributed by atoms with Crippen LogP contribution in [0.5, 0.6) is 0 Å². The van der Waals surface area contributed by atoms with Gasteiger partial charge in [0.25, 0.3) is 0 Å². The number of rotatable bonds is 4. The monoisotopic (exact) mass is 433 g/mol. The maximum Gasteiger partial charge on any atom is 0.234 e. The third-order valence-electron chi connectivity index (χ3n) is 2.39. The van der Waals surface area contributed by atoms with E-state index in [9.17, 15) is 4.79 Å². The molecule has 2 aromatic carbocycles. The van der Waals surface area contributed by atoms with E-state index in [2.05, 4.69) is 37.2 Å². The zero-order valence-corrected chi connectivity index (χ0v) is 14.9. The van der Waals surface area contributed by atoms with Gasteiger partial charge < -0.3 is 5.32 Å². The molecule has 0 atom stereocenters. The van der Waals surface area contributed by atoms with E-state index in [-0.39, 0.29) is 5.91 Å². The second-order valence-electron chi connectivity index (χ2n) is 3.92. The van der Waals surface area contributed by atoms with E-state index in [4.69, 9.17) is 11.6 Å². The van der Waals surface area contributed by atoms with Gasteiger partial charge in [-0.05, 0) is 58.4 Å². The summed E-state index contributed by atoms with van der Waals surface area (Å²) in [5.74, 6) is 0.297. The van der Waals surface area contributed by atoms with Crippen LogP contribution in [-0.2, 0) is 4.79 Å². The van der Waals surface area contributed by atoms with Crippen LogP contribution in [0.3, 0.4) is 0 Å². The fourth-order valence-corrected chi connectivity index (χ4v) is 2.84. The van der Waals surface area contributed by atoms with Crippen molar-refractivity contribution >= 4 is 66.8 Å². The number of thioether (sulfide) groups is 1. The fraction of sp³-hybridized carbons (Fsp3) is 0.0714. The van der Waals surface area contributed by atoms with Crippen LogP contribution in [0, 0.1) is 0 Å². The lowest BCUT2D eigenvalue weighted by molar-refractivity contribution is -0.113. The second-order valence-corrected chi connectivity index (χ2v) is 7.15. The van der Waals surface area contributed by atoms with Gasteiger partial charge in [0, 0.05) is 19.5 Å². The molecule has 0 aliphatic heterocycles. The Kier molecular flexibility index (Phi) is 5.96. The topological polar surface area (TPSA) is 29.1 Å². The maximum atomic E-state index is 11.9. The van der Waals surface area contributed by atoms with Crippen molar-refractivity contribution in [3.8, 4) is 0 Å². The number of halogens is 3. The van der Waals surface area contributed by atoms with E-state index in [0.717, 1.165) is 13.8 Å². The van der Waals surface area contributed by atoms with Gasteiger partial charge in [0.1, 0.15) is 0 Å². The Morgan fingerprint density at radius 2 is 1.85 bits per heavy atom. The highest BCUT2D eigenvalue weighted by Gasteiger charge is 2.05. The molecule has 0 spiro atoms. The zero-order chi connectivity index (χ0) is 14.5. The third kappa shape index (κ3) is 4.81. The highest BCUT2D eigenvalue weighted by molar-refractivity contribution is 9.10. The Morgan fingerprint density at radius 3 is 2.50 bits per heavy atom. The minimum Gasteiger partial charge on any atom is -0.325 e. The van der Waals surface area contributed by atoms with Gasteiger partial charge in [-0.25, -0.2) is 0 Å². The molecule has 2 nitrogen and oxygen atoms in total. The average Bonchev–Trinajstić information content (AvgIpc) is 2.42. The van der Waals surface area contributed by atoms with E-state index < -0.39 is 0 Å². The molecule has 0 fully saturated rings. The number of hydrogen-bond acceptors (Lipinski definition) is 2. The molecule has 6 heteroatoms. The molecule has 2 rings (SSSR count). The molecular formula is C14H10Br2ClNOS. The number of nitrogens with one attached hydrogen (secondary N) is 1. The zero-order valence-electron chi connectivity index (χ0n) is 10.2. The van der Waals surface area contributed by atoms with E-state index >= 15 is 0 Å². The first-order valence-corrected chi connectivity index (χ1v) is 8.63. The van der Waals surface area contributed by atoms with Crippen LogP contribution in [0.25, 0.3) is 0 Å². The number of benzene rings is 2. The van der Waals surface area contributed by atoms with Crippen molar-refractivity contribution < 1.29 is 4.79 Å². The molecule has 0 aliphatic carbocycles. The highest BCUT2D eigenvalue weighted by atomic mass is 79.9. The van der Waals surface area contributed by atoms with Gasteiger partial charge >= 0.3 is 0 Å². The smallest absolute Gasteiger partial charge is 0.234 e. The summed E-state index contributed by atoms with van der Waals surface area (Å²) in [4.78, 5) is 12.9. The van der Waals surface area contributed by atoms with E-state index in [1.165, 1.54) is 11.8 Å². The average molecular weight is 436 g/mol. The summed E-state index contributed by atoms with van der Waals surface area (Å²) in [6, 6.07) is 13.2. The summed E-state index contributed by atoms with van der Waals surface area (Å²) in [6.07, 6.45) is 0. The normalized spacial score (nSPS) is 10.3. The summed E-state index contributed by atoms with van der Waals surface area (Å²) in [7, 11) is 0. The van der Waals surface area contributed by atoms with Gasteiger partial charge in [0.05, 0.1) is 10.8 Å². The summed E-state index contributed by atoms with van der Waals surface area (Å²) in [5, 5.41) is 3.39. The standard InChI is InChI=1S/C14H10Br2ClNOS/c15-9-1-4-11(5-2-9)20-8-14(19)18-10-3-6-12(16)13(17)7-10/h1-7H,8H2,(H,18,19). The van der Waals surface area contributed by atoms with Gasteiger partial charge in [-0.1, -0.05) is 27.5 Å². The molecule has 0 radical (unpaired) electrons. The number of anilines is 1. The SMILES string of the molecule is O=C(CSc1ccc(Br)cc1)Nc1ccc(Br)c(Cl)c1. The van der Waals surface area contributed by atoms with Gasteiger partial charge in [0.15, 0.2) is 0 Å². The van der Waals surface area contributed by atoms with E-state index in [0.29, 0.717) is 16.5 Å². The Morgan fingerprint density at radius 1 is 1.15 bits per heavy atom. The molecule has 0 unspecified atom stereocenters. The predicted octanol–water partition coefficient (Wildman–Crippen LogP) is 5.60. The summed E-state index contributed by atoms with van der Waals surface area (Å²) in [6.45, 7) is 0. The Balaban J connectivity index is 1.89. The molecule has 0 aromatic heterocycles. The Bertz CT molecular complexity index is 619. The third-order valence-corrected chi connectivity index (χ3v) is 5.16. The number of carbonyl (C=O) groups excluding carboxylic acids is 1. The predicted molar refractivity (Wildman–Crippen MR) is 92.6 cm³/mol. The summed E-state index contributed by atoms with van der Waals surface area (Å²) < 4.78 is 1.83. The maximum absolute atomic E-state index is 11.9. The Hall–Kier alpha value is -0.490. The number of hydrogen-bond donors (Lipinski definition) is 1. The molecule has 1 N–H and O–H groups in total. The van der Waals surface area contributed by atoms with Crippen molar-refractivity contribution in [1.29, 1.82) is 0 Å². The lowest BCUT2D eigenvalue weighted by Gasteiger charge is -2.06. The van der Waals surface area contributed by atoms with Crippen LogP contribution in [0.1, 0.15) is 0 Å². The van der Waals surface area contributed by atoms with E-state index in [1.807, 2.05) is 24.3 Å². The van der Waals surface area contributed by atoms with Crippen LogP contribution < -0.4 is 5.32 Å². The van der Waals surface area contributed by atoms with Crippen molar-refractivity contribution in [2.75, 3.05) is 11.1 Å². The molecule has 0 bridgehead atoms. The fourth-order valence-electron chi connectivity index (χ4n) is 1.45. The molecule has 104 valence electrons. The van der Waals surface area contributed by atoms with Gasteiger partial charge in [0.2, 0.25) is 5.91 Å². The van der Waals surface area contributed by atoms with E-state index in [1.54, 1.807) is 18.2 Å². The van der Waals surface area contributed by atoms with Crippen molar-refractivity contribution in [1.82, 2.24) is 0 Å². The number of carbonyl (C=O) groups is 1. The van der Waals surface area contributed by atoms with Gasteiger partial charge in [-0.15, -0.1) is 11.8 Å². The first kappa shape index (κ1) is 15.9. The molecule has 20 heavy (non-hydrogen) atoms. The molecule has 1 amide bonds. The molecule has 0 saturated carbocycles. The van der Waals surface area contributed by atoms with Crippen LogP contribution in [0.15, 0.2) is 56.3 Å². The van der Waals surface area contributed by atoms with Crippen molar-refractivity contribution in [3.05, 3.63) is 56.4 Å². The van der Waals surface area contributed by atoms with Crippen molar-refractivity contribution in [2.24, 2.45) is 0 Å². The Labute approximate surface area is 143 Å². The minimum absolute atomic E-state index is 0.0590. The van der Waals surface area contributed by atoms with Crippen LogP contribution in [-0.4, -0.2) is 11.7 Å². The quantitative estimate of drug-likeness (QED) is 0.634. The summed E-state index contributed by atoms with van der Waals surface area (Å²) in [5.41, 5.74) is 0.694. The van der Waals surface area contributed by atoms with Crippen LogP contribution >= 0.6 is 55.2 Å². The number of amides is 1. The summed E-state index contributed by atoms with van der Waals surface area (Å²) >= 11 is 14.2. The van der Waals surface area contributed by atoms with Crippen molar-refractivity contribution in [3.63, 3.8) is 0 Å². The second kappa shape index (κ2) is 7.50.